The summed E-state index contributed by atoms with van der Waals surface area (Å²) in [7, 11) is 0. The van der Waals surface area contributed by atoms with E-state index in [0.29, 0.717) is 6.61 Å². The Kier molecular flexibility index (Phi) is 5.66. The summed E-state index contributed by atoms with van der Waals surface area (Å²) >= 11 is 0. The quantitative estimate of drug-likeness (QED) is 0.874. The number of carboxylic acids is 1. The molecule has 0 aliphatic carbocycles. The van der Waals surface area contributed by atoms with Crippen LogP contribution in [0.3, 0.4) is 0 Å². The van der Waals surface area contributed by atoms with Crippen molar-refractivity contribution in [2.45, 2.75) is 39.0 Å². The number of pyridine rings is 1. The SMILES string of the molecule is C[C@@H]1[C@H](C(=O)O)CCCN1Cc1cccc(OCc2ccccn2)c1. The van der Waals surface area contributed by atoms with Gasteiger partial charge in [-0.05, 0) is 56.1 Å². The predicted molar refractivity (Wildman–Crippen MR) is 95.2 cm³/mol. The summed E-state index contributed by atoms with van der Waals surface area (Å²) in [6, 6.07) is 13.8. The van der Waals surface area contributed by atoms with E-state index in [4.69, 9.17) is 4.74 Å². The lowest BCUT2D eigenvalue weighted by molar-refractivity contribution is -0.145. The lowest BCUT2D eigenvalue weighted by atomic mass is 9.90. The first kappa shape index (κ1) is 17.4. The molecule has 132 valence electrons. The van der Waals surface area contributed by atoms with Gasteiger partial charge < -0.3 is 9.84 Å². The third kappa shape index (κ3) is 4.57. The maximum absolute atomic E-state index is 11.4. The average molecular weight is 340 g/mol. The van der Waals surface area contributed by atoms with E-state index in [-0.39, 0.29) is 12.0 Å². The first-order valence-electron chi connectivity index (χ1n) is 8.72. The van der Waals surface area contributed by atoms with Crippen molar-refractivity contribution < 1.29 is 14.6 Å². The second-order valence-corrected chi connectivity index (χ2v) is 6.56. The summed E-state index contributed by atoms with van der Waals surface area (Å²) in [4.78, 5) is 17.9. The van der Waals surface area contributed by atoms with Gasteiger partial charge in [0.05, 0.1) is 11.6 Å². The van der Waals surface area contributed by atoms with E-state index < -0.39 is 5.97 Å². The van der Waals surface area contributed by atoms with Crippen LogP contribution in [0.15, 0.2) is 48.7 Å². The summed E-state index contributed by atoms with van der Waals surface area (Å²) in [6.45, 7) is 4.13. The molecule has 25 heavy (non-hydrogen) atoms. The fraction of sp³-hybridized carbons (Fsp3) is 0.400. The predicted octanol–water partition coefficient (Wildman–Crippen LogP) is 3.35. The molecule has 1 N–H and O–H groups in total. The zero-order chi connectivity index (χ0) is 17.6. The minimum Gasteiger partial charge on any atom is -0.487 e. The lowest BCUT2D eigenvalue weighted by Crippen LogP contribution is -2.45. The number of benzene rings is 1. The molecule has 3 rings (SSSR count). The first-order chi connectivity index (χ1) is 12.1. The van der Waals surface area contributed by atoms with Gasteiger partial charge in [0.25, 0.3) is 0 Å². The molecular formula is C20H24N2O3. The monoisotopic (exact) mass is 340 g/mol. The number of aromatic nitrogens is 1. The van der Waals surface area contributed by atoms with Crippen molar-refractivity contribution in [3.63, 3.8) is 0 Å². The molecule has 2 heterocycles. The molecule has 0 unspecified atom stereocenters. The zero-order valence-electron chi connectivity index (χ0n) is 14.5. The van der Waals surface area contributed by atoms with Gasteiger partial charge in [-0.1, -0.05) is 18.2 Å². The van der Waals surface area contributed by atoms with Gasteiger partial charge in [0.15, 0.2) is 0 Å². The second-order valence-electron chi connectivity index (χ2n) is 6.56. The Labute approximate surface area is 148 Å². The maximum atomic E-state index is 11.4. The number of carboxylic acid groups (broad SMARTS) is 1. The standard InChI is InChI=1S/C20H24N2O3/c1-15-19(20(23)24)9-5-11-22(15)13-16-6-4-8-18(12-16)25-14-17-7-2-3-10-21-17/h2-4,6-8,10,12,15,19H,5,9,11,13-14H2,1H3,(H,23,24)/t15-,19-/m1/s1. The molecule has 1 saturated heterocycles. The minimum absolute atomic E-state index is 0.0457. The average Bonchev–Trinajstić information content (AvgIpc) is 2.63. The van der Waals surface area contributed by atoms with E-state index in [0.717, 1.165) is 42.9 Å². The zero-order valence-corrected chi connectivity index (χ0v) is 14.5. The van der Waals surface area contributed by atoms with E-state index in [9.17, 15) is 9.90 Å². The molecule has 0 bridgehead atoms. The number of rotatable bonds is 6. The lowest BCUT2D eigenvalue weighted by Gasteiger charge is -2.37. The van der Waals surface area contributed by atoms with Crippen LogP contribution in [0.4, 0.5) is 0 Å². The number of carbonyl (C=O) groups is 1. The van der Waals surface area contributed by atoms with Gasteiger partial charge in [-0.25, -0.2) is 0 Å². The van der Waals surface area contributed by atoms with Crippen LogP contribution in [-0.2, 0) is 17.9 Å². The Morgan fingerprint density at radius 2 is 2.20 bits per heavy atom. The summed E-state index contributed by atoms with van der Waals surface area (Å²) in [5.41, 5.74) is 2.03. The summed E-state index contributed by atoms with van der Waals surface area (Å²) in [5, 5.41) is 9.36. The number of piperidine rings is 1. The van der Waals surface area contributed by atoms with Crippen molar-refractivity contribution in [1.29, 1.82) is 0 Å². The van der Waals surface area contributed by atoms with Gasteiger partial charge in [0, 0.05) is 18.8 Å². The summed E-state index contributed by atoms with van der Waals surface area (Å²) in [6.07, 6.45) is 3.45. The Balaban J connectivity index is 1.62. The highest BCUT2D eigenvalue weighted by molar-refractivity contribution is 5.71. The summed E-state index contributed by atoms with van der Waals surface area (Å²) < 4.78 is 5.83. The van der Waals surface area contributed by atoms with Gasteiger partial charge in [-0.2, -0.15) is 0 Å². The van der Waals surface area contributed by atoms with Crippen LogP contribution in [0.5, 0.6) is 5.75 Å². The summed E-state index contributed by atoms with van der Waals surface area (Å²) in [5.74, 6) is -0.162. The molecule has 0 saturated carbocycles. The topological polar surface area (TPSA) is 62.7 Å². The molecule has 2 aromatic rings. The van der Waals surface area contributed by atoms with Crippen LogP contribution in [-0.4, -0.2) is 33.5 Å². The smallest absolute Gasteiger partial charge is 0.308 e. The Morgan fingerprint density at radius 1 is 1.32 bits per heavy atom. The number of likely N-dealkylation sites (tertiary alicyclic amines) is 1. The van der Waals surface area contributed by atoms with Gasteiger partial charge in [-0.3, -0.25) is 14.7 Å². The normalized spacial score (nSPS) is 21.0. The maximum Gasteiger partial charge on any atom is 0.308 e. The van der Waals surface area contributed by atoms with Crippen molar-refractivity contribution in [1.82, 2.24) is 9.88 Å². The third-order valence-electron chi connectivity index (χ3n) is 4.83. The number of hydrogen-bond donors (Lipinski definition) is 1. The third-order valence-corrected chi connectivity index (χ3v) is 4.83. The molecule has 5 heteroatoms. The molecule has 5 nitrogen and oxygen atoms in total. The fourth-order valence-electron chi connectivity index (χ4n) is 3.38. The van der Waals surface area contributed by atoms with Crippen LogP contribution in [0.1, 0.15) is 31.0 Å². The van der Waals surface area contributed by atoms with E-state index >= 15 is 0 Å². The molecule has 0 radical (unpaired) electrons. The van der Waals surface area contributed by atoms with Crippen molar-refractivity contribution in [2.24, 2.45) is 5.92 Å². The van der Waals surface area contributed by atoms with Gasteiger partial charge in [0.1, 0.15) is 12.4 Å². The molecule has 1 aliphatic rings. The number of ether oxygens (including phenoxy) is 1. The molecule has 0 spiro atoms. The van der Waals surface area contributed by atoms with Gasteiger partial charge >= 0.3 is 5.97 Å². The van der Waals surface area contributed by atoms with E-state index in [1.54, 1.807) is 6.20 Å². The minimum atomic E-state index is -0.690. The van der Waals surface area contributed by atoms with Crippen LogP contribution in [0.25, 0.3) is 0 Å². The Bertz CT molecular complexity index is 705. The van der Waals surface area contributed by atoms with Gasteiger partial charge in [-0.15, -0.1) is 0 Å². The molecule has 1 aromatic carbocycles. The van der Waals surface area contributed by atoms with Crippen LogP contribution in [0.2, 0.25) is 0 Å². The highest BCUT2D eigenvalue weighted by Gasteiger charge is 2.32. The van der Waals surface area contributed by atoms with Crippen LogP contribution >= 0.6 is 0 Å². The Hall–Kier alpha value is -2.40. The molecule has 0 amide bonds. The van der Waals surface area contributed by atoms with Crippen LogP contribution in [0, 0.1) is 5.92 Å². The van der Waals surface area contributed by atoms with Crippen molar-refractivity contribution >= 4 is 5.97 Å². The molecule has 1 aliphatic heterocycles. The fourth-order valence-corrected chi connectivity index (χ4v) is 3.38. The van der Waals surface area contributed by atoms with E-state index in [1.165, 1.54) is 0 Å². The number of aliphatic carboxylic acids is 1. The van der Waals surface area contributed by atoms with Crippen molar-refractivity contribution in [3.05, 3.63) is 59.9 Å². The van der Waals surface area contributed by atoms with Crippen molar-refractivity contribution in [2.75, 3.05) is 6.54 Å². The highest BCUT2D eigenvalue weighted by Crippen LogP contribution is 2.26. The second kappa shape index (κ2) is 8.12. The largest absolute Gasteiger partial charge is 0.487 e. The molecular weight excluding hydrogens is 316 g/mol. The Morgan fingerprint density at radius 3 is 2.96 bits per heavy atom. The number of nitrogens with zero attached hydrogens (tertiary/aromatic N) is 2. The van der Waals surface area contributed by atoms with E-state index in [2.05, 4.69) is 16.0 Å². The van der Waals surface area contributed by atoms with Gasteiger partial charge in [0.2, 0.25) is 0 Å². The molecule has 2 atom stereocenters. The van der Waals surface area contributed by atoms with Crippen LogP contribution < -0.4 is 4.74 Å². The van der Waals surface area contributed by atoms with Crippen molar-refractivity contribution in [3.8, 4) is 5.75 Å². The van der Waals surface area contributed by atoms with E-state index in [1.807, 2.05) is 43.3 Å². The molecule has 1 fully saturated rings. The number of hydrogen-bond acceptors (Lipinski definition) is 4. The first-order valence-corrected chi connectivity index (χ1v) is 8.72. The highest BCUT2D eigenvalue weighted by atomic mass is 16.5. The molecule has 1 aromatic heterocycles.